The van der Waals surface area contributed by atoms with Crippen LogP contribution in [0.3, 0.4) is 0 Å². The van der Waals surface area contributed by atoms with E-state index in [0.717, 1.165) is 28.4 Å². The summed E-state index contributed by atoms with van der Waals surface area (Å²) < 4.78 is 0.778. The van der Waals surface area contributed by atoms with Crippen LogP contribution in [0.1, 0.15) is 38.7 Å². The van der Waals surface area contributed by atoms with Gasteiger partial charge in [-0.15, -0.1) is 0 Å². The number of piperidine rings is 1. The van der Waals surface area contributed by atoms with Gasteiger partial charge < -0.3 is 15.1 Å². The van der Waals surface area contributed by atoms with Crippen molar-refractivity contribution in [1.82, 2.24) is 9.80 Å². The molecule has 1 fully saturated rings. The van der Waals surface area contributed by atoms with E-state index in [1.165, 1.54) is 23.1 Å². The first-order valence-electron chi connectivity index (χ1n) is 9.33. The van der Waals surface area contributed by atoms with Crippen LogP contribution in [-0.2, 0) is 9.59 Å². The Labute approximate surface area is 171 Å². The molecule has 1 aromatic carbocycles. The van der Waals surface area contributed by atoms with Crippen LogP contribution in [0.2, 0.25) is 0 Å². The molecule has 1 saturated heterocycles. The zero-order valence-corrected chi connectivity index (χ0v) is 18.2. The second kappa shape index (κ2) is 10.1. The van der Waals surface area contributed by atoms with E-state index in [0.29, 0.717) is 12.1 Å². The number of carbonyl (C=O) groups is 2. The number of thiocarbonyl (C=S) groups is 1. The lowest BCUT2D eigenvalue weighted by atomic mass is 9.99. The van der Waals surface area contributed by atoms with E-state index in [1.54, 1.807) is 7.05 Å². The topological polar surface area (TPSA) is 52.7 Å². The van der Waals surface area contributed by atoms with Gasteiger partial charge in [0.25, 0.3) is 0 Å². The van der Waals surface area contributed by atoms with E-state index < -0.39 is 0 Å². The molecule has 1 heterocycles. The van der Waals surface area contributed by atoms with Crippen molar-refractivity contribution < 1.29 is 9.59 Å². The minimum absolute atomic E-state index is 0.0244. The van der Waals surface area contributed by atoms with Gasteiger partial charge in [0.1, 0.15) is 4.32 Å². The highest BCUT2D eigenvalue weighted by atomic mass is 32.2. The predicted octanol–water partition coefficient (Wildman–Crippen LogP) is 3.67. The van der Waals surface area contributed by atoms with E-state index in [9.17, 15) is 9.59 Å². The summed E-state index contributed by atoms with van der Waals surface area (Å²) in [7, 11) is 1.65. The Morgan fingerprint density at radius 2 is 1.81 bits per heavy atom. The number of thioether (sulfide) groups is 1. The zero-order chi connectivity index (χ0) is 20.0. The van der Waals surface area contributed by atoms with Crippen molar-refractivity contribution in [3.05, 3.63) is 29.8 Å². The first kappa shape index (κ1) is 21.7. The number of nitrogens with one attached hydrogen (secondary N) is 1. The molecular formula is C20H29N3O2S2. The molecule has 1 aliphatic heterocycles. The van der Waals surface area contributed by atoms with Gasteiger partial charge in [0.05, 0.1) is 12.3 Å². The van der Waals surface area contributed by atoms with Gasteiger partial charge in [0.15, 0.2) is 0 Å². The van der Waals surface area contributed by atoms with Crippen LogP contribution in [0, 0.1) is 6.92 Å². The fourth-order valence-corrected chi connectivity index (χ4v) is 4.74. The molecule has 7 heteroatoms. The number of aryl methyl sites for hydroxylation is 1. The number of likely N-dealkylation sites (N-methyl/N-ethyl adjacent to an activating group) is 1. The van der Waals surface area contributed by atoms with Crippen LogP contribution in [0.15, 0.2) is 24.3 Å². The van der Waals surface area contributed by atoms with Crippen LogP contribution in [0.25, 0.3) is 0 Å². The molecule has 0 aromatic heterocycles. The molecule has 0 unspecified atom stereocenters. The second-order valence-corrected chi connectivity index (χ2v) is 8.86. The number of amides is 2. The SMILES string of the molecule is Cc1ccc(NC(=O)CN(C)C(=O)CSC(=S)N2[C@@H](C)CCC[C@@H]2C)cc1. The van der Waals surface area contributed by atoms with Crippen molar-refractivity contribution in [3.8, 4) is 0 Å². The summed E-state index contributed by atoms with van der Waals surface area (Å²) in [5.74, 6) is -0.0532. The van der Waals surface area contributed by atoms with Crippen LogP contribution in [0.4, 0.5) is 5.69 Å². The Bertz CT molecular complexity index is 668. The first-order valence-corrected chi connectivity index (χ1v) is 10.7. The van der Waals surface area contributed by atoms with Gasteiger partial charge in [0.2, 0.25) is 11.8 Å². The normalized spacial score (nSPS) is 19.5. The third-order valence-electron chi connectivity index (χ3n) is 4.87. The van der Waals surface area contributed by atoms with Crippen molar-refractivity contribution in [2.24, 2.45) is 0 Å². The van der Waals surface area contributed by atoms with Crippen LogP contribution < -0.4 is 5.32 Å². The van der Waals surface area contributed by atoms with Crippen LogP contribution >= 0.6 is 24.0 Å². The summed E-state index contributed by atoms with van der Waals surface area (Å²) in [6.07, 6.45) is 3.50. The molecule has 148 valence electrons. The highest BCUT2D eigenvalue weighted by molar-refractivity contribution is 8.23. The molecule has 0 radical (unpaired) electrons. The minimum atomic E-state index is -0.208. The standard InChI is InChI=1S/C20H29N3O2S2/c1-14-8-10-17(11-9-14)21-18(24)12-22(4)19(25)13-27-20(26)23-15(2)6-5-7-16(23)3/h8-11,15-16H,5-7,12-13H2,1-4H3,(H,21,24)/t15-,16-/m0/s1. The van der Waals surface area contributed by atoms with E-state index in [1.807, 2.05) is 31.2 Å². The lowest BCUT2D eigenvalue weighted by molar-refractivity contribution is -0.131. The highest BCUT2D eigenvalue weighted by Crippen LogP contribution is 2.26. The van der Waals surface area contributed by atoms with Crippen molar-refractivity contribution in [1.29, 1.82) is 0 Å². The monoisotopic (exact) mass is 407 g/mol. The summed E-state index contributed by atoms with van der Waals surface area (Å²) in [5, 5.41) is 2.81. The Morgan fingerprint density at radius 3 is 2.41 bits per heavy atom. The summed E-state index contributed by atoms with van der Waals surface area (Å²) in [4.78, 5) is 28.2. The van der Waals surface area contributed by atoms with Crippen LogP contribution in [-0.4, -0.2) is 57.4 Å². The molecule has 0 saturated carbocycles. The van der Waals surface area contributed by atoms with Gasteiger partial charge in [0, 0.05) is 24.8 Å². The Balaban J connectivity index is 1.78. The molecule has 0 aliphatic carbocycles. The Hall–Kier alpha value is -1.60. The number of anilines is 1. The lowest BCUT2D eigenvalue weighted by Gasteiger charge is -2.40. The van der Waals surface area contributed by atoms with Gasteiger partial charge in [-0.2, -0.15) is 0 Å². The quantitative estimate of drug-likeness (QED) is 0.755. The lowest BCUT2D eigenvalue weighted by Crippen LogP contribution is -2.46. The molecule has 0 bridgehead atoms. The van der Waals surface area contributed by atoms with Gasteiger partial charge in [-0.25, -0.2) is 0 Å². The van der Waals surface area contributed by atoms with Gasteiger partial charge >= 0.3 is 0 Å². The number of nitrogens with zero attached hydrogens (tertiary/aromatic N) is 2. The molecule has 1 N–H and O–H groups in total. The highest BCUT2D eigenvalue weighted by Gasteiger charge is 2.27. The number of hydrogen-bond acceptors (Lipinski definition) is 4. The average molecular weight is 408 g/mol. The molecule has 0 spiro atoms. The first-order chi connectivity index (χ1) is 12.8. The Kier molecular flexibility index (Phi) is 8.10. The summed E-state index contributed by atoms with van der Waals surface area (Å²) in [5.41, 5.74) is 1.86. The van der Waals surface area contributed by atoms with Crippen molar-refractivity contribution in [2.45, 2.75) is 52.1 Å². The third-order valence-corrected chi connectivity index (χ3v) is 6.28. The number of benzene rings is 1. The van der Waals surface area contributed by atoms with E-state index >= 15 is 0 Å². The maximum atomic E-state index is 12.4. The van der Waals surface area contributed by atoms with Crippen molar-refractivity contribution in [2.75, 3.05) is 24.7 Å². The summed E-state index contributed by atoms with van der Waals surface area (Å²) in [6, 6.07) is 8.41. The number of hydrogen-bond donors (Lipinski definition) is 1. The van der Waals surface area contributed by atoms with Gasteiger partial charge in [-0.05, 0) is 52.2 Å². The zero-order valence-electron chi connectivity index (χ0n) is 16.5. The number of rotatable bonds is 5. The molecule has 2 rings (SSSR count). The van der Waals surface area contributed by atoms with Crippen molar-refractivity contribution in [3.63, 3.8) is 0 Å². The van der Waals surface area contributed by atoms with Gasteiger partial charge in [-0.1, -0.05) is 41.7 Å². The molecule has 27 heavy (non-hydrogen) atoms. The van der Waals surface area contributed by atoms with E-state index in [2.05, 4.69) is 24.1 Å². The largest absolute Gasteiger partial charge is 0.352 e. The molecule has 2 amide bonds. The van der Waals surface area contributed by atoms with Gasteiger partial charge in [-0.3, -0.25) is 9.59 Å². The van der Waals surface area contributed by atoms with Crippen LogP contribution in [0.5, 0.6) is 0 Å². The predicted molar refractivity (Wildman–Crippen MR) is 117 cm³/mol. The maximum Gasteiger partial charge on any atom is 0.243 e. The molecular weight excluding hydrogens is 378 g/mol. The summed E-state index contributed by atoms with van der Waals surface area (Å²) >= 11 is 6.95. The number of likely N-dealkylation sites (tertiary alicyclic amines) is 1. The van der Waals surface area contributed by atoms with E-state index in [-0.39, 0.29) is 24.1 Å². The fourth-order valence-electron chi connectivity index (χ4n) is 3.23. The molecule has 5 nitrogen and oxygen atoms in total. The summed E-state index contributed by atoms with van der Waals surface area (Å²) in [6.45, 7) is 6.39. The molecule has 1 aliphatic rings. The Morgan fingerprint density at radius 1 is 1.22 bits per heavy atom. The average Bonchev–Trinajstić information content (AvgIpc) is 2.61. The fraction of sp³-hybridized carbons (Fsp3) is 0.550. The molecule has 1 aromatic rings. The van der Waals surface area contributed by atoms with Crippen molar-refractivity contribution >= 4 is 45.8 Å². The smallest absolute Gasteiger partial charge is 0.243 e. The minimum Gasteiger partial charge on any atom is -0.352 e. The maximum absolute atomic E-state index is 12.4. The number of carbonyl (C=O) groups excluding carboxylic acids is 2. The third kappa shape index (κ3) is 6.50. The van der Waals surface area contributed by atoms with E-state index in [4.69, 9.17) is 12.2 Å². The second-order valence-electron chi connectivity index (χ2n) is 7.25. The molecule has 2 atom stereocenters.